The lowest BCUT2D eigenvalue weighted by atomic mass is 10.1. The molecule has 25 heavy (non-hydrogen) atoms. The van der Waals surface area contributed by atoms with Crippen molar-refractivity contribution >= 4 is 17.5 Å². The summed E-state index contributed by atoms with van der Waals surface area (Å²) >= 11 is 0. The van der Waals surface area contributed by atoms with E-state index in [0.717, 1.165) is 18.8 Å². The van der Waals surface area contributed by atoms with Gasteiger partial charge in [-0.15, -0.1) is 0 Å². The molecule has 1 fully saturated rings. The monoisotopic (exact) mass is 341 g/mol. The first-order valence-corrected chi connectivity index (χ1v) is 8.57. The van der Waals surface area contributed by atoms with Crippen LogP contribution in [-0.4, -0.2) is 42.1 Å². The van der Waals surface area contributed by atoms with Crippen molar-refractivity contribution in [2.75, 3.05) is 36.4 Å². The van der Waals surface area contributed by atoms with Crippen LogP contribution in [0.4, 0.5) is 11.6 Å². The molecule has 0 bridgehead atoms. The molecule has 1 amide bonds. The summed E-state index contributed by atoms with van der Waals surface area (Å²) in [5.41, 5.74) is 2.15. The van der Waals surface area contributed by atoms with Crippen molar-refractivity contribution in [1.29, 1.82) is 0 Å². The first-order chi connectivity index (χ1) is 12.1. The van der Waals surface area contributed by atoms with Crippen molar-refractivity contribution in [2.24, 2.45) is 0 Å². The highest BCUT2D eigenvalue weighted by molar-refractivity contribution is 5.99. The quantitative estimate of drug-likeness (QED) is 0.693. The summed E-state index contributed by atoms with van der Waals surface area (Å²) in [6, 6.07) is 9.14. The maximum Gasteiger partial charge on any atom is 0.253 e. The molecule has 7 nitrogen and oxygen atoms in total. The molecule has 1 aliphatic rings. The number of amides is 1. The van der Waals surface area contributed by atoms with Crippen molar-refractivity contribution in [3.05, 3.63) is 51.9 Å². The second-order valence-electron chi connectivity index (χ2n) is 6.13. The minimum atomic E-state index is -0.196. The van der Waals surface area contributed by atoms with E-state index in [4.69, 9.17) is 0 Å². The summed E-state index contributed by atoms with van der Waals surface area (Å²) in [5, 5.41) is 5.93. The van der Waals surface area contributed by atoms with Crippen LogP contribution in [0, 0.1) is 6.92 Å². The molecule has 2 aromatic rings. The molecule has 7 heteroatoms. The molecule has 132 valence electrons. The molecule has 0 saturated carbocycles. The fraction of sp³-hybridized carbons (Fsp3) is 0.389. The summed E-state index contributed by atoms with van der Waals surface area (Å²) in [5.74, 6) is 0.326. The number of aromatic nitrogens is 2. The summed E-state index contributed by atoms with van der Waals surface area (Å²) in [7, 11) is 0. The number of anilines is 2. The van der Waals surface area contributed by atoms with Crippen molar-refractivity contribution in [3.63, 3.8) is 0 Å². The fourth-order valence-corrected chi connectivity index (χ4v) is 3.01. The molecule has 2 heterocycles. The smallest absolute Gasteiger partial charge is 0.253 e. The predicted octanol–water partition coefficient (Wildman–Crippen LogP) is 1.52. The van der Waals surface area contributed by atoms with Crippen LogP contribution in [0.2, 0.25) is 0 Å². The van der Waals surface area contributed by atoms with Crippen LogP contribution in [0.15, 0.2) is 35.1 Å². The van der Waals surface area contributed by atoms with E-state index < -0.39 is 0 Å². The van der Waals surface area contributed by atoms with Gasteiger partial charge in [0.2, 0.25) is 5.95 Å². The number of hydrogen-bond acceptors (Lipinski definition) is 5. The van der Waals surface area contributed by atoms with Crippen LogP contribution < -0.4 is 21.1 Å². The summed E-state index contributed by atoms with van der Waals surface area (Å²) < 4.78 is 0. The van der Waals surface area contributed by atoms with Gasteiger partial charge in [-0.3, -0.25) is 14.6 Å². The van der Waals surface area contributed by atoms with Gasteiger partial charge in [0.1, 0.15) is 0 Å². The van der Waals surface area contributed by atoms with Gasteiger partial charge in [0.25, 0.3) is 11.5 Å². The van der Waals surface area contributed by atoms with Gasteiger partial charge in [0.05, 0.1) is 5.56 Å². The normalized spacial score (nSPS) is 13.7. The molecule has 3 N–H and O–H groups in total. The zero-order valence-electron chi connectivity index (χ0n) is 14.3. The van der Waals surface area contributed by atoms with Gasteiger partial charge < -0.3 is 15.5 Å². The zero-order chi connectivity index (χ0) is 17.6. The van der Waals surface area contributed by atoms with E-state index in [1.54, 1.807) is 6.92 Å². The van der Waals surface area contributed by atoms with Crippen LogP contribution >= 0.6 is 0 Å². The van der Waals surface area contributed by atoms with E-state index in [2.05, 4.69) is 25.5 Å². The number of aromatic amines is 1. The number of para-hydroxylation sites is 1. The SMILES string of the molecule is Cc1cc(=O)[nH]c(NCCNC(=O)c2ccccc2N2CCCC2)n1. The largest absolute Gasteiger partial charge is 0.371 e. The molecule has 3 rings (SSSR count). The lowest BCUT2D eigenvalue weighted by Crippen LogP contribution is -2.31. The maximum atomic E-state index is 12.5. The zero-order valence-corrected chi connectivity index (χ0v) is 14.3. The molecule has 1 aromatic carbocycles. The number of hydrogen-bond donors (Lipinski definition) is 3. The number of carbonyl (C=O) groups is 1. The summed E-state index contributed by atoms with van der Waals surface area (Å²) in [4.78, 5) is 33.0. The summed E-state index contributed by atoms with van der Waals surface area (Å²) in [6.45, 7) is 4.67. The van der Waals surface area contributed by atoms with Crippen LogP contribution in [0.25, 0.3) is 0 Å². The predicted molar refractivity (Wildman–Crippen MR) is 98.3 cm³/mol. The third-order valence-corrected chi connectivity index (χ3v) is 4.17. The average Bonchev–Trinajstić information content (AvgIpc) is 3.12. The summed E-state index contributed by atoms with van der Waals surface area (Å²) in [6.07, 6.45) is 2.34. The second kappa shape index (κ2) is 7.83. The number of nitrogens with one attached hydrogen (secondary N) is 3. The van der Waals surface area contributed by atoms with Gasteiger partial charge in [0, 0.05) is 43.6 Å². The Morgan fingerprint density at radius 2 is 2.00 bits per heavy atom. The van der Waals surface area contributed by atoms with Crippen molar-refractivity contribution in [2.45, 2.75) is 19.8 Å². The Kier molecular flexibility index (Phi) is 5.33. The van der Waals surface area contributed by atoms with E-state index in [1.165, 1.54) is 18.9 Å². The van der Waals surface area contributed by atoms with Gasteiger partial charge in [-0.1, -0.05) is 12.1 Å². The van der Waals surface area contributed by atoms with Crippen molar-refractivity contribution < 1.29 is 4.79 Å². The number of nitrogens with zero attached hydrogens (tertiary/aromatic N) is 2. The van der Waals surface area contributed by atoms with E-state index in [1.807, 2.05) is 24.3 Å². The highest BCUT2D eigenvalue weighted by atomic mass is 16.1. The third-order valence-electron chi connectivity index (χ3n) is 4.17. The molecule has 1 aliphatic heterocycles. The first kappa shape index (κ1) is 17.0. The second-order valence-corrected chi connectivity index (χ2v) is 6.13. The Labute approximate surface area is 146 Å². The molecule has 1 saturated heterocycles. The first-order valence-electron chi connectivity index (χ1n) is 8.57. The van der Waals surface area contributed by atoms with Gasteiger partial charge in [-0.25, -0.2) is 4.98 Å². The van der Waals surface area contributed by atoms with E-state index >= 15 is 0 Å². The fourth-order valence-electron chi connectivity index (χ4n) is 3.01. The molecule has 1 aromatic heterocycles. The lowest BCUT2D eigenvalue weighted by Gasteiger charge is -2.20. The molecule has 0 atom stereocenters. The molecular formula is C18H23N5O2. The molecule has 0 aliphatic carbocycles. The minimum Gasteiger partial charge on any atom is -0.371 e. The highest BCUT2D eigenvalue weighted by Gasteiger charge is 2.18. The molecule has 0 radical (unpaired) electrons. The Morgan fingerprint density at radius 1 is 1.24 bits per heavy atom. The number of H-pyrrole nitrogens is 1. The molecule has 0 spiro atoms. The van der Waals surface area contributed by atoms with Crippen LogP contribution in [0.3, 0.4) is 0 Å². The average molecular weight is 341 g/mol. The number of benzene rings is 1. The van der Waals surface area contributed by atoms with Gasteiger partial charge in [-0.2, -0.15) is 0 Å². The number of rotatable bonds is 6. The van der Waals surface area contributed by atoms with Gasteiger partial charge >= 0.3 is 0 Å². The van der Waals surface area contributed by atoms with E-state index in [-0.39, 0.29) is 11.5 Å². The Morgan fingerprint density at radius 3 is 2.76 bits per heavy atom. The Balaban J connectivity index is 1.55. The van der Waals surface area contributed by atoms with Crippen LogP contribution in [0.1, 0.15) is 28.9 Å². The maximum absolute atomic E-state index is 12.5. The number of carbonyl (C=O) groups excluding carboxylic acids is 1. The van der Waals surface area contributed by atoms with Crippen molar-refractivity contribution in [3.8, 4) is 0 Å². The third kappa shape index (κ3) is 4.37. The number of aryl methyl sites for hydroxylation is 1. The van der Waals surface area contributed by atoms with Crippen LogP contribution in [0.5, 0.6) is 0 Å². The van der Waals surface area contributed by atoms with Gasteiger partial charge in [0.15, 0.2) is 0 Å². The highest BCUT2D eigenvalue weighted by Crippen LogP contribution is 2.24. The van der Waals surface area contributed by atoms with E-state index in [9.17, 15) is 9.59 Å². The molecular weight excluding hydrogens is 318 g/mol. The minimum absolute atomic E-state index is 0.0880. The van der Waals surface area contributed by atoms with Crippen LogP contribution in [-0.2, 0) is 0 Å². The lowest BCUT2D eigenvalue weighted by molar-refractivity contribution is 0.0955. The Hall–Kier alpha value is -2.83. The van der Waals surface area contributed by atoms with Crippen molar-refractivity contribution in [1.82, 2.24) is 15.3 Å². The molecule has 0 unspecified atom stereocenters. The standard InChI is InChI=1S/C18H23N5O2/c1-13-12-16(24)22-18(21-13)20-9-8-19-17(25)14-6-2-3-7-15(14)23-10-4-5-11-23/h2-3,6-7,12H,4-5,8-11H2,1H3,(H,19,25)(H2,20,21,22,24). The van der Waals surface area contributed by atoms with Gasteiger partial charge in [-0.05, 0) is 31.9 Å². The topological polar surface area (TPSA) is 90.1 Å². The van der Waals surface area contributed by atoms with E-state index in [0.29, 0.717) is 30.3 Å². The Bertz CT molecular complexity index is 796.